The lowest BCUT2D eigenvalue weighted by atomic mass is 9.91. The number of hydrogen-bond acceptors (Lipinski definition) is 2. The van der Waals surface area contributed by atoms with Crippen LogP contribution in [0, 0.1) is 5.92 Å². The van der Waals surface area contributed by atoms with E-state index in [0.717, 1.165) is 36.8 Å². The summed E-state index contributed by atoms with van der Waals surface area (Å²) in [4.78, 5) is 12.6. The van der Waals surface area contributed by atoms with E-state index in [4.69, 9.17) is 4.74 Å². The molecule has 1 fully saturated rings. The van der Waals surface area contributed by atoms with Crippen LogP contribution in [0.25, 0.3) is 10.8 Å². The van der Waals surface area contributed by atoms with Crippen LogP contribution in [0.1, 0.15) is 27.9 Å². The first-order valence-electron chi connectivity index (χ1n) is 7.00. The fraction of sp³-hybridized carbons (Fsp3) is 0.353. The average molecular weight is 252 g/mol. The van der Waals surface area contributed by atoms with Crippen molar-refractivity contribution in [2.45, 2.75) is 19.3 Å². The van der Waals surface area contributed by atoms with Crippen LogP contribution in [0.5, 0.6) is 0 Å². The smallest absolute Gasteiger partial charge is 0.168 e. The van der Waals surface area contributed by atoms with Crippen LogP contribution >= 0.6 is 0 Å². The van der Waals surface area contributed by atoms with Gasteiger partial charge in [-0.3, -0.25) is 4.79 Å². The summed E-state index contributed by atoms with van der Waals surface area (Å²) in [6.45, 7) is 1.31. The number of hydrogen-bond donors (Lipinski definition) is 0. The highest BCUT2D eigenvalue weighted by molar-refractivity contribution is 6.11. The molecule has 19 heavy (non-hydrogen) atoms. The molecule has 2 aromatic carbocycles. The Morgan fingerprint density at radius 3 is 2.74 bits per heavy atom. The predicted octanol–water partition coefficient (Wildman–Crippen LogP) is 3.16. The van der Waals surface area contributed by atoms with Crippen LogP contribution in [0.2, 0.25) is 0 Å². The van der Waals surface area contributed by atoms with E-state index < -0.39 is 0 Å². The molecule has 0 radical (unpaired) electrons. The van der Waals surface area contributed by atoms with Crippen molar-refractivity contribution in [2.75, 3.05) is 13.2 Å². The molecule has 0 N–H and O–H groups in total. The molecule has 96 valence electrons. The highest BCUT2D eigenvalue weighted by Crippen LogP contribution is 2.34. The van der Waals surface area contributed by atoms with Crippen LogP contribution < -0.4 is 0 Å². The molecule has 1 saturated heterocycles. The maximum absolute atomic E-state index is 12.6. The maximum Gasteiger partial charge on any atom is 0.168 e. The molecular formula is C17H16O2. The largest absolute Gasteiger partial charge is 0.381 e. The lowest BCUT2D eigenvalue weighted by Crippen LogP contribution is -2.15. The summed E-state index contributed by atoms with van der Waals surface area (Å²) < 4.78 is 5.35. The average Bonchev–Trinajstić information content (AvgIpc) is 3.09. The summed E-state index contributed by atoms with van der Waals surface area (Å²) in [5.41, 5.74) is 3.67. The van der Waals surface area contributed by atoms with E-state index in [1.807, 2.05) is 6.07 Å². The van der Waals surface area contributed by atoms with Crippen LogP contribution in [-0.2, 0) is 17.6 Å². The molecular weight excluding hydrogens is 236 g/mol. The summed E-state index contributed by atoms with van der Waals surface area (Å²) in [6, 6.07) is 10.5. The molecule has 2 aliphatic rings. The van der Waals surface area contributed by atoms with Gasteiger partial charge in [-0.25, -0.2) is 0 Å². The SMILES string of the molecule is O=C(c1ccc2c3c(cccc13)CC2)C1CCOC1. The van der Waals surface area contributed by atoms with Gasteiger partial charge in [-0.1, -0.05) is 30.3 Å². The van der Waals surface area contributed by atoms with Crippen molar-refractivity contribution in [3.8, 4) is 0 Å². The van der Waals surface area contributed by atoms with Crippen molar-refractivity contribution < 1.29 is 9.53 Å². The molecule has 0 bridgehead atoms. The second kappa shape index (κ2) is 4.17. The second-order valence-electron chi connectivity index (χ2n) is 5.54. The molecule has 4 rings (SSSR count). The van der Waals surface area contributed by atoms with Crippen molar-refractivity contribution in [2.24, 2.45) is 5.92 Å². The van der Waals surface area contributed by atoms with Gasteiger partial charge >= 0.3 is 0 Å². The zero-order valence-corrected chi connectivity index (χ0v) is 10.8. The molecule has 0 saturated carbocycles. The van der Waals surface area contributed by atoms with Gasteiger partial charge < -0.3 is 4.74 Å². The van der Waals surface area contributed by atoms with Crippen LogP contribution in [0.3, 0.4) is 0 Å². The van der Waals surface area contributed by atoms with Crippen LogP contribution in [0.15, 0.2) is 30.3 Å². The van der Waals surface area contributed by atoms with Gasteiger partial charge in [0.05, 0.1) is 6.61 Å². The van der Waals surface area contributed by atoms with E-state index in [1.54, 1.807) is 0 Å². The number of benzene rings is 2. The van der Waals surface area contributed by atoms with E-state index in [1.165, 1.54) is 16.5 Å². The molecule has 2 nitrogen and oxygen atoms in total. The Morgan fingerprint density at radius 1 is 1.11 bits per heavy atom. The number of carbonyl (C=O) groups is 1. The summed E-state index contributed by atoms with van der Waals surface area (Å²) in [7, 11) is 0. The molecule has 0 amide bonds. The van der Waals surface area contributed by atoms with Gasteiger partial charge in [0, 0.05) is 18.1 Å². The third-order valence-corrected chi connectivity index (χ3v) is 4.44. The highest BCUT2D eigenvalue weighted by Gasteiger charge is 2.27. The zero-order chi connectivity index (χ0) is 12.8. The minimum atomic E-state index is 0.0541. The Balaban J connectivity index is 1.89. The third kappa shape index (κ3) is 1.63. The highest BCUT2D eigenvalue weighted by atomic mass is 16.5. The quantitative estimate of drug-likeness (QED) is 0.767. The summed E-state index contributed by atoms with van der Waals surface area (Å²) >= 11 is 0. The number of aryl methyl sites for hydroxylation is 2. The first kappa shape index (κ1) is 11.2. The predicted molar refractivity (Wildman–Crippen MR) is 74.6 cm³/mol. The van der Waals surface area contributed by atoms with Crippen LogP contribution in [0.4, 0.5) is 0 Å². The van der Waals surface area contributed by atoms with E-state index in [0.29, 0.717) is 6.61 Å². The van der Waals surface area contributed by atoms with Gasteiger partial charge in [0.15, 0.2) is 5.78 Å². The Morgan fingerprint density at radius 2 is 1.95 bits per heavy atom. The molecule has 1 unspecified atom stereocenters. The lowest BCUT2D eigenvalue weighted by molar-refractivity contribution is 0.0902. The van der Waals surface area contributed by atoms with E-state index in [9.17, 15) is 4.79 Å². The zero-order valence-electron chi connectivity index (χ0n) is 10.8. The fourth-order valence-corrected chi connectivity index (χ4v) is 3.42. The Kier molecular flexibility index (Phi) is 2.46. The molecule has 0 aromatic heterocycles. The monoisotopic (exact) mass is 252 g/mol. The number of ether oxygens (including phenoxy) is 1. The fourth-order valence-electron chi connectivity index (χ4n) is 3.42. The second-order valence-corrected chi connectivity index (χ2v) is 5.54. The van der Waals surface area contributed by atoms with Crippen molar-refractivity contribution in [3.63, 3.8) is 0 Å². The first-order chi connectivity index (χ1) is 9.34. The van der Waals surface area contributed by atoms with E-state index in [-0.39, 0.29) is 11.7 Å². The van der Waals surface area contributed by atoms with Crippen molar-refractivity contribution in [3.05, 3.63) is 47.0 Å². The van der Waals surface area contributed by atoms with Gasteiger partial charge in [-0.15, -0.1) is 0 Å². The maximum atomic E-state index is 12.6. The van der Waals surface area contributed by atoms with Crippen molar-refractivity contribution in [1.82, 2.24) is 0 Å². The molecule has 2 heteroatoms. The molecule has 1 aliphatic carbocycles. The molecule has 1 atom stereocenters. The summed E-state index contributed by atoms with van der Waals surface area (Å²) in [5.74, 6) is 0.312. The third-order valence-electron chi connectivity index (χ3n) is 4.44. The van der Waals surface area contributed by atoms with Crippen molar-refractivity contribution in [1.29, 1.82) is 0 Å². The van der Waals surface area contributed by atoms with E-state index >= 15 is 0 Å². The topological polar surface area (TPSA) is 26.3 Å². The molecule has 0 spiro atoms. The normalized spacial score (nSPS) is 21.2. The molecule has 2 aromatic rings. The lowest BCUT2D eigenvalue weighted by Gasteiger charge is -2.11. The standard InChI is InChI=1S/C17H16O2/c18-17(13-8-9-19-10-13)15-7-6-12-5-4-11-2-1-3-14(15)16(11)12/h1-3,6-7,13H,4-5,8-10H2. The molecule has 1 aliphatic heterocycles. The number of carbonyl (C=O) groups excluding carboxylic acids is 1. The first-order valence-corrected chi connectivity index (χ1v) is 7.00. The van der Waals surface area contributed by atoms with Gasteiger partial charge in [0.2, 0.25) is 0 Å². The summed E-state index contributed by atoms with van der Waals surface area (Å²) in [5, 5.41) is 2.47. The number of Topliss-reactive ketones (excluding diaryl/α,β-unsaturated/α-hetero) is 1. The van der Waals surface area contributed by atoms with Crippen molar-refractivity contribution >= 4 is 16.6 Å². The molecule has 1 heterocycles. The van der Waals surface area contributed by atoms with Gasteiger partial charge in [0.1, 0.15) is 0 Å². The number of rotatable bonds is 2. The Hall–Kier alpha value is -1.67. The summed E-state index contributed by atoms with van der Waals surface area (Å²) in [6.07, 6.45) is 3.08. The Labute approximate surface area is 112 Å². The minimum Gasteiger partial charge on any atom is -0.381 e. The van der Waals surface area contributed by atoms with Crippen LogP contribution in [-0.4, -0.2) is 19.0 Å². The van der Waals surface area contributed by atoms with Gasteiger partial charge in [0.25, 0.3) is 0 Å². The minimum absolute atomic E-state index is 0.0541. The van der Waals surface area contributed by atoms with Gasteiger partial charge in [-0.05, 0) is 41.2 Å². The Bertz CT molecular complexity index is 656. The number of ketones is 1. The van der Waals surface area contributed by atoms with Gasteiger partial charge in [-0.2, -0.15) is 0 Å². The van der Waals surface area contributed by atoms with E-state index in [2.05, 4.69) is 24.3 Å².